The molecule has 1 aromatic carbocycles. The molecular formula is C22H28N4O3. The zero-order valence-electron chi connectivity index (χ0n) is 17.1. The van der Waals surface area contributed by atoms with E-state index in [0.29, 0.717) is 31.6 Å². The van der Waals surface area contributed by atoms with Gasteiger partial charge in [0.05, 0.1) is 23.9 Å². The third-order valence-electron chi connectivity index (χ3n) is 6.04. The smallest absolute Gasteiger partial charge is 0.322 e. The molecule has 154 valence electrons. The van der Waals surface area contributed by atoms with Crippen molar-refractivity contribution in [3.05, 3.63) is 46.7 Å². The lowest BCUT2D eigenvalue weighted by Crippen LogP contribution is -2.47. The number of hydrogen-bond donors (Lipinski definition) is 1. The van der Waals surface area contributed by atoms with Crippen LogP contribution < -0.4 is 5.32 Å². The van der Waals surface area contributed by atoms with Crippen molar-refractivity contribution in [1.29, 1.82) is 0 Å². The Balaban J connectivity index is 1.56. The fraction of sp³-hybridized carbons (Fsp3) is 0.500. The highest BCUT2D eigenvalue weighted by molar-refractivity contribution is 6.01. The van der Waals surface area contributed by atoms with Gasteiger partial charge in [-0.25, -0.2) is 4.79 Å². The summed E-state index contributed by atoms with van der Waals surface area (Å²) in [6.07, 6.45) is 2.44. The second kappa shape index (κ2) is 7.89. The number of hydrogen-bond acceptors (Lipinski definition) is 3. The lowest BCUT2D eigenvalue weighted by atomic mass is 9.94. The van der Waals surface area contributed by atoms with Crippen LogP contribution in [-0.2, 0) is 9.59 Å². The lowest BCUT2D eigenvalue weighted by Gasteiger charge is -2.33. The first-order valence-electron chi connectivity index (χ1n) is 10.4. The molecular weight excluding hydrogens is 368 g/mol. The van der Waals surface area contributed by atoms with Gasteiger partial charge in [-0.1, -0.05) is 29.8 Å². The van der Waals surface area contributed by atoms with Crippen LogP contribution in [0.5, 0.6) is 0 Å². The maximum absolute atomic E-state index is 13.3. The van der Waals surface area contributed by atoms with E-state index < -0.39 is 6.04 Å². The van der Waals surface area contributed by atoms with E-state index in [0.717, 1.165) is 42.8 Å². The van der Waals surface area contributed by atoms with Crippen LogP contribution in [0, 0.1) is 6.92 Å². The molecule has 7 heteroatoms. The highest BCUT2D eigenvalue weighted by atomic mass is 16.2. The lowest BCUT2D eigenvalue weighted by molar-refractivity contribution is -0.131. The summed E-state index contributed by atoms with van der Waals surface area (Å²) in [5.74, 6) is 0.0242. The number of amides is 4. The minimum absolute atomic E-state index is 0.0841. The number of likely N-dealkylation sites (tertiary alicyclic amines) is 1. The number of aryl methyl sites for hydroxylation is 1. The predicted octanol–water partition coefficient (Wildman–Crippen LogP) is 2.19. The summed E-state index contributed by atoms with van der Waals surface area (Å²) in [5.41, 5.74) is 3.38. The van der Waals surface area contributed by atoms with E-state index in [1.165, 1.54) is 0 Å². The van der Waals surface area contributed by atoms with Crippen LogP contribution in [0.3, 0.4) is 0 Å². The van der Waals surface area contributed by atoms with Crippen molar-refractivity contribution in [3.8, 4) is 0 Å². The third-order valence-corrected chi connectivity index (χ3v) is 6.04. The van der Waals surface area contributed by atoms with Crippen LogP contribution in [0.2, 0.25) is 0 Å². The van der Waals surface area contributed by atoms with E-state index >= 15 is 0 Å². The van der Waals surface area contributed by atoms with Gasteiger partial charge in [0.15, 0.2) is 0 Å². The molecule has 0 spiro atoms. The molecule has 1 fully saturated rings. The van der Waals surface area contributed by atoms with Gasteiger partial charge in [0.25, 0.3) is 5.91 Å². The van der Waals surface area contributed by atoms with Gasteiger partial charge in [-0.3, -0.25) is 14.5 Å². The molecule has 1 saturated heterocycles. The Hall–Kier alpha value is -2.83. The molecule has 0 aromatic heterocycles. The van der Waals surface area contributed by atoms with Crippen LogP contribution in [0.1, 0.15) is 43.4 Å². The molecule has 0 aliphatic carbocycles. The van der Waals surface area contributed by atoms with Crippen molar-refractivity contribution in [2.45, 2.75) is 39.2 Å². The minimum atomic E-state index is -0.452. The minimum Gasteiger partial charge on any atom is -0.343 e. The molecule has 1 atom stereocenters. The molecule has 4 rings (SSSR count). The first kappa shape index (κ1) is 19.5. The molecule has 1 aromatic rings. The summed E-state index contributed by atoms with van der Waals surface area (Å²) in [6.45, 7) is 6.80. The number of carbonyl (C=O) groups is 3. The standard InChI is InChI=1S/C22H28N4O3/c1-3-26-17-14-25(12-9-18(27)24-10-4-5-11-24)21(28)19(17)20(23-22(26)29)16-8-6-7-15(2)13-16/h6-8,13,20H,3-5,9-12,14H2,1-2H3,(H,23,29)/t20-/m0/s1. The Morgan fingerprint density at radius 3 is 2.66 bits per heavy atom. The van der Waals surface area contributed by atoms with E-state index in [-0.39, 0.29) is 17.8 Å². The molecule has 4 amide bonds. The van der Waals surface area contributed by atoms with E-state index in [9.17, 15) is 14.4 Å². The number of carbonyl (C=O) groups excluding carboxylic acids is 3. The average molecular weight is 396 g/mol. The number of nitrogens with zero attached hydrogens (tertiary/aromatic N) is 3. The third kappa shape index (κ3) is 3.61. The summed E-state index contributed by atoms with van der Waals surface area (Å²) in [6, 6.07) is 7.25. The largest absolute Gasteiger partial charge is 0.343 e. The van der Waals surface area contributed by atoms with Crippen molar-refractivity contribution >= 4 is 17.8 Å². The van der Waals surface area contributed by atoms with Crippen molar-refractivity contribution in [2.75, 3.05) is 32.7 Å². The second-order valence-corrected chi connectivity index (χ2v) is 7.97. The molecule has 3 heterocycles. The van der Waals surface area contributed by atoms with Crippen LogP contribution in [0.4, 0.5) is 4.79 Å². The van der Waals surface area contributed by atoms with E-state index in [4.69, 9.17) is 0 Å². The Kier molecular flexibility index (Phi) is 5.30. The zero-order chi connectivity index (χ0) is 20.5. The van der Waals surface area contributed by atoms with Crippen LogP contribution in [-0.4, -0.2) is 65.3 Å². The van der Waals surface area contributed by atoms with E-state index in [1.54, 1.807) is 9.80 Å². The van der Waals surface area contributed by atoms with Crippen LogP contribution in [0.15, 0.2) is 35.5 Å². The summed E-state index contributed by atoms with van der Waals surface area (Å²) < 4.78 is 0. The summed E-state index contributed by atoms with van der Waals surface area (Å²) in [4.78, 5) is 43.6. The van der Waals surface area contributed by atoms with E-state index in [1.807, 2.05) is 43.0 Å². The average Bonchev–Trinajstić information content (AvgIpc) is 3.34. The number of rotatable bonds is 5. The summed E-state index contributed by atoms with van der Waals surface area (Å²) in [7, 11) is 0. The maximum Gasteiger partial charge on any atom is 0.322 e. The first-order valence-corrected chi connectivity index (χ1v) is 10.4. The molecule has 3 aliphatic rings. The Labute approximate surface area is 171 Å². The number of urea groups is 1. The number of nitrogens with one attached hydrogen (secondary N) is 1. The second-order valence-electron chi connectivity index (χ2n) is 7.97. The topological polar surface area (TPSA) is 73.0 Å². The van der Waals surface area contributed by atoms with Gasteiger partial charge in [-0.2, -0.15) is 0 Å². The van der Waals surface area contributed by atoms with Crippen LogP contribution >= 0.6 is 0 Å². The van der Waals surface area contributed by atoms with Gasteiger partial charge >= 0.3 is 6.03 Å². The summed E-state index contributed by atoms with van der Waals surface area (Å²) >= 11 is 0. The van der Waals surface area contributed by atoms with Gasteiger partial charge in [-0.15, -0.1) is 0 Å². The maximum atomic E-state index is 13.3. The summed E-state index contributed by atoms with van der Waals surface area (Å²) in [5, 5.41) is 3.00. The van der Waals surface area contributed by atoms with Crippen LogP contribution in [0.25, 0.3) is 0 Å². The van der Waals surface area contributed by atoms with Crippen molar-refractivity contribution < 1.29 is 14.4 Å². The first-order chi connectivity index (χ1) is 14.0. The monoisotopic (exact) mass is 396 g/mol. The van der Waals surface area contributed by atoms with Gasteiger partial charge in [0.1, 0.15) is 0 Å². The van der Waals surface area contributed by atoms with Gasteiger partial charge < -0.3 is 15.1 Å². The van der Waals surface area contributed by atoms with Gasteiger partial charge in [0, 0.05) is 32.6 Å². The Bertz CT molecular complexity index is 873. The molecule has 7 nitrogen and oxygen atoms in total. The molecule has 0 saturated carbocycles. The number of benzene rings is 1. The Morgan fingerprint density at radius 1 is 1.21 bits per heavy atom. The van der Waals surface area contributed by atoms with Crippen molar-refractivity contribution in [1.82, 2.24) is 20.0 Å². The fourth-order valence-electron chi connectivity index (χ4n) is 4.52. The van der Waals surface area contributed by atoms with Crippen molar-refractivity contribution in [2.24, 2.45) is 0 Å². The van der Waals surface area contributed by atoms with Gasteiger partial charge in [-0.05, 0) is 32.3 Å². The quantitative estimate of drug-likeness (QED) is 0.829. The fourth-order valence-corrected chi connectivity index (χ4v) is 4.52. The van der Waals surface area contributed by atoms with Crippen molar-refractivity contribution in [3.63, 3.8) is 0 Å². The van der Waals surface area contributed by atoms with E-state index in [2.05, 4.69) is 5.32 Å². The molecule has 0 radical (unpaired) electrons. The van der Waals surface area contributed by atoms with Gasteiger partial charge in [0.2, 0.25) is 5.91 Å². The Morgan fingerprint density at radius 2 is 1.97 bits per heavy atom. The number of likely N-dealkylation sites (N-methyl/N-ethyl adjacent to an activating group) is 1. The molecule has 29 heavy (non-hydrogen) atoms. The normalized spacial score (nSPS) is 21.7. The highest BCUT2D eigenvalue weighted by Crippen LogP contribution is 2.36. The molecule has 3 aliphatic heterocycles. The predicted molar refractivity (Wildman–Crippen MR) is 109 cm³/mol. The molecule has 0 unspecified atom stereocenters. The molecule has 1 N–H and O–H groups in total. The zero-order valence-corrected chi connectivity index (χ0v) is 17.1. The molecule has 0 bridgehead atoms. The SMILES string of the molecule is CCN1C(=O)N[C@@H](c2cccc(C)c2)C2=C1CN(CCC(=O)N1CCCC1)C2=O. The highest BCUT2D eigenvalue weighted by Gasteiger charge is 2.43.